The number of aliphatic imine (C=N–C) groups is 1. The number of aromatic nitrogens is 1. The predicted octanol–water partition coefficient (Wildman–Crippen LogP) is 6.40. The molecule has 1 heterocycles. The van der Waals surface area contributed by atoms with Gasteiger partial charge in [0.15, 0.2) is 0 Å². The Morgan fingerprint density at radius 1 is 1.24 bits per heavy atom. The lowest BCUT2D eigenvalue weighted by Crippen LogP contribution is -2.44. The Morgan fingerprint density at radius 3 is 2.59 bits per heavy atom. The van der Waals surface area contributed by atoms with E-state index >= 15 is 0 Å². The van der Waals surface area contributed by atoms with Crippen LogP contribution < -0.4 is 5.32 Å². The van der Waals surface area contributed by atoms with E-state index in [1.165, 1.54) is 17.8 Å². The highest BCUT2D eigenvalue weighted by molar-refractivity contribution is 7.98. The number of thioether (sulfide) groups is 1. The van der Waals surface area contributed by atoms with E-state index < -0.39 is 35.5 Å². The average molecular weight is 533 g/mol. The molecule has 7 nitrogen and oxygen atoms in total. The minimum absolute atomic E-state index is 0.0120. The van der Waals surface area contributed by atoms with E-state index in [4.69, 9.17) is 4.74 Å². The number of halogens is 3. The summed E-state index contributed by atoms with van der Waals surface area (Å²) >= 11 is 1.34. The Labute approximate surface area is 217 Å². The molecule has 196 valence electrons. The number of alkyl halides is 3. The lowest BCUT2D eigenvalue weighted by Gasteiger charge is -2.33. The highest BCUT2D eigenvalue weighted by Gasteiger charge is 2.39. The van der Waals surface area contributed by atoms with Crippen molar-refractivity contribution >= 4 is 35.0 Å². The Morgan fingerprint density at radius 2 is 1.97 bits per heavy atom. The van der Waals surface area contributed by atoms with Gasteiger partial charge in [0, 0.05) is 23.2 Å². The summed E-state index contributed by atoms with van der Waals surface area (Å²) in [6, 6.07) is 8.23. The minimum Gasteiger partial charge on any atom is -0.444 e. The molecule has 2 unspecified atom stereocenters. The summed E-state index contributed by atoms with van der Waals surface area (Å²) in [5.74, 6) is -1.14. The summed E-state index contributed by atoms with van der Waals surface area (Å²) in [7, 11) is 0. The van der Waals surface area contributed by atoms with E-state index in [2.05, 4.69) is 21.4 Å². The van der Waals surface area contributed by atoms with Crippen molar-refractivity contribution in [3.63, 3.8) is 0 Å². The van der Waals surface area contributed by atoms with Crippen LogP contribution in [-0.2, 0) is 15.7 Å². The second-order valence-corrected chi connectivity index (χ2v) is 10.3. The summed E-state index contributed by atoms with van der Waals surface area (Å²) in [5, 5.41) is 12.1. The molecule has 1 saturated carbocycles. The van der Waals surface area contributed by atoms with Crippen molar-refractivity contribution in [2.45, 2.75) is 62.7 Å². The van der Waals surface area contributed by atoms with Crippen molar-refractivity contribution < 1.29 is 27.5 Å². The van der Waals surface area contributed by atoms with Gasteiger partial charge in [-0.25, -0.2) is 4.79 Å². The lowest BCUT2D eigenvalue weighted by molar-refractivity contribution is -0.141. The predicted molar refractivity (Wildman–Crippen MR) is 134 cm³/mol. The number of pyridine rings is 1. The number of carbonyl (C=O) groups excluding carboxylic acids is 2. The van der Waals surface area contributed by atoms with E-state index in [0.29, 0.717) is 34.6 Å². The van der Waals surface area contributed by atoms with Gasteiger partial charge in [0.2, 0.25) is 0 Å². The maximum absolute atomic E-state index is 13.3. The molecule has 1 aromatic carbocycles. The number of nitrogens with zero attached hydrogens (tertiary/aromatic N) is 3. The molecule has 1 amide bonds. The number of hydrogen-bond donors (Lipinski definition) is 1. The van der Waals surface area contributed by atoms with Gasteiger partial charge in [-0.15, -0.1) is 11.8 Å². The molecule has 1 aliphatic rings. The van der Waals surface area contributed by atoms with Crippen molar-refractivity contribution in [2.75, 3.05) is 6.26 Å². The van der Waals surface area contributed by atoms with Gasteiger partial charge in [-0.05, 0) is 69.7 Å². The number of carbonyl (C=O) groups is 2. The standard InChI is InChI=1S/C26H27F3N4O3S/c1-25(2,3)36-24(35)33-23(17-9-8-15(14-30)12-20(17)37-4)22-18(6-5-7-19(22)34)32-16-10-11-31-21(13-16)26(27,28)29/h8-13,22-23H,5-7H2,1-4H3,(H,33,35). The van der Waals surface area contributed by atoms with Gasteiger partial charge < -0.3 is 10.1 Å². The summed E-state index contributed by atoms with van der Waals surface area (Å²) in [6.45, 7) is 5.12. The van der Waals surface area contributed by atoms with Crippen LogP contribution in [0.1, 0.15) is 62.9 Å². The highest BCUT2D eigenvalue weighted by Crippen LogP contribution is 2.37. The molecular formula is C26H27F3N4O3S. The van der Waals surface area contributed by atoms with Gasteiger partial charge >= 0.3 is 12.3 Å². The Hall–Kier alpha value is -3.39. The summed E-state index contributed by atoms with van der Waals surface area (Å²) in [6.07, 6.45) is -1.51. The van der Waals surface area contributed by atoms with Crippen molar-refractivity contribution in [3.8, 4) is 6.07 Å². The molecule has 0 bridgehead atoms. The van der Waals surface area contributed by atoms with E-state index in [1.54, 1.807) is 45.2 Å². The van der Waals surface area contributed by atoms with Crippen LogP contribution in [0.4, 0.5) is 23.7 Å². The molecule has 0 spiro atoms. The number of ether oxygens (including phenoxy) is 1. The maximum atomic E-state index is 13.3. The van der Waals surface area contributed by atoms with Crippen LogP contribution in [0.2, 0.25) is 0 Å². The molecule has 0 saturated heterocycles. The van der Waals surface area contributed by atoms with Crippen LogP contribution in [0.15, 0.2) is 46.4 Å². The van der Waals surface area contributed by atoms with Crippen molar-refractivity contribution in [1.82, 2.24) is 10.3 Å². The van der Waals surface area contributed by atoms with E-state index in [9.17, 15) is 28.0 Å². The second kappa shape index (κ2) is 11.3. The number of nitriles is 1. The molecule has 1 N–H and O–H groups in total. The van der Waals surface area contributed by atoms with Gasteiger partial charge in [-0.1, -0.05) is 6.07 Å². The third-order valence-corrected chi connectivity index (χ3v) is 6.37. The SMILES string of the molecule is CSc1cc(C#N)ccc1C(NC(=O)OC(C)(C)C)C1C(=O)CCCC1=Nc1ccnc(C(F)(F)F)c1. The van der Waals surface area contributed by atoms with Gasteiger partial charge in [0.1, 0.15) is 17.1 Å². The van der Waals surface area contributed by atoms with Crippen LogP contribution in [0.25, 0.3) is 0 Å². The Bertz CT molecular complexity index is 1250. The van der Waals surface area contributed by atoms with Crippen LogP contribution >= 0.6 is 11.8 Å². The molecule has 0 radical (unpaired) electrons. The molecule has 2 atom stereocenters. The molecule has 2 aromatic rings. The van der Waals surface area contributed by atoms with Crippen LogP contribution in [-0.4, -0.2) is 34.4 Å². The zero-order chi connectivity index (χ0) is 27.4. The summed E-state index contributed by atoms with van der Waals surface area (Å²) < 4.78 is 45.1. The third-order valence-electron chi connectivity index (χ3n) is 5.57. The quantitative estimate of drug-likeness (QED) is 0.447. The topological polar surface area (TPSA) is 104 Å². The first kappa shape index (κ1) is 28.2. The number of Topliss-reactive ketones (excluding diaryl/α,β-unsaturated/α-hetero) is 1. The zero-order valence-electron chi connectivity index (χ0n) is 20.8. The molecule has 11 heteroatoms. The molecule has 1 fully saturated rings. The Kier molecular flexibility index (Phi) is 8.64. The fourth-order valence-corrected chi connectivity index (χ4v) is 4.74. The summed E-state index contributed by atoms with van der Waals surface area (Å²) in [5.41, 5.74) is -0.542. The van der Waals surface area contributed by atoms with E-state index in [1.807, 2.05) is 0 Å². The van der Waals surface area contributed by atoms with Gasteiger partial charge in [0.05, 0.1) is 29.3 Å². The molecule has 1 aromatic heterocycles. The molecule has 37 heavy (non-hydrogen) atoms. The fourth-order valence-electron chi connectivity index (χ4n) is 4.07. The van der Waals surface area contributed by atoms with Crippen LogP contribution in [0.3, 0.4) is 0 Å². The van der Waals surface area contributed by atoms with Gasteiger partial charge in [-0.3, -0.25) is 14.8 Å². The Balaban J connectivity index is 2.13. The number of amides is 1. The van der Waals surface area contributed by atoms with Crippen molar-refractivity contribution in [1.29, 1.82) is 5.26 Å². The van der Waals surface area contributed by atoms with Crippen molar-refractivity contribution in [3.05, 3.63) is 53.3 Å². The van der Waals surface area contributed by atoms with Crippen molar-refractivity contribution in [2.24, 2.45) is 10.9 Å². The first-order valence-corrected chi connectivity index (χ1v) is 12.8. The first-order chi connectivity index (χ1) is 17.3. The maximum Gasteiger partial charge on any atom is 0.433 e. The highest BCUT2D eigenvalue weighted by atomic mass is 32.2. The number of ketones is 1. The van der Waals surface area contributed by atoms with Crippen LogP contribution in [0, 0.1) is 17.2 Å². The van der Waals surface area contributed by atoms with Crippen LogP contribution in [0.5, 0.6) is 0 Å². The third kappa shape index (κ3) is 7.32. The number of benzene rings is 1. The second-order valence-electron chi connectivity index (χ2n) is 9.49. The molecule has 1 aliphatic carbocycles. The number of rotatable bonds is 5. The molecule has 0 aliphatic heterocycles. The smallest absolute Gasteiger partial charge is 0.433 e. The number of nitrogens with one attached hydrogen (secondary N) is 1. The number of alkyl carbamates (subject to hydrolysis) is 1. The van der Waals surface area contributed by atoms with E-state index in [-0.39, 0.29) is 17.9 Å². The largest absolute Gasteiger partial charge is 0.444 e. The summed E-state index contributed by atoms with van der Waals surface area (Å²) in [4.78, 5) is 34.6. The number of hydrogen-bond acceptors (Lipinski definition) is 7. The lowest BCUT2D eigenvalue weighted by atomic mass is 9.78. The first-order valence-electron chi connectivity index (χ1n) is 11.5. The minimum atomic E-state index is -4.64. The molecular weight excluding hydrogens is 505 g/mol. The zero-order valence-corrected chi connectivity index (χ0v) is 21.7. The van der Waals surface area contributed by atoms with E-state index in [0.717, 1.165) is 12.3 Å². The average Bonchev–Trinajstić information content (AvgIpc) is 2.81. The van der Waals surface area contributed by atoms with Gasteiger partial charge in [0.25, 0.3) is 0 Å². The molecule has 3 rings (SSSR count). The normalized spacial score (nSPS) is 18.3. The van der Waals surface area contributed by atoms with Gasteiger partial charge in [-0.2, -0.15) is 18.4 Å². The fraction of sp³-hybridized carbons (Fsp3) is 0.423. The monoisotopic (exact) mass is 532 g/mol.